The molecule has 1 aliphatic rings. The van der Waals surface area contributed by atoms with Crippen LogP contribution in [0.15, 0.2) is 36.4 Å². The predicted molar refractivity (Wildman–Crippen MR) is 73.1 cm³/mol. The van der Waals surface area contributed by atoms with E-state index in [1.807, 2.05) is 24.3 Å². The molecule has 1 aliphatic heterocycles. The van der Waals surface area contributed by atoms with Gasteiger partial charge in [-0.05, 0) is 30.2 Å². The number of para-hydroxylation sites is 1. The average Bonchev–Trinajstić information content (AvgIpc) is 3.05. The van der Waals surface area contributed by atoms with Crippen LogP contribution in [0.1, 0.15) is 24.9 Å². The number of rotatable bonds is 2. The predicted octanol–water partition coefficient (Wildman–Crippen LogP) is 2.65. The summed E-state index contributed by atoms with van der Waals surface area (Å²) in [6.07, 6.45) is 0.846. The number of hydrogen-bond acceptors (Lipinski definition) is 3. The first-order chi connectivity index (χ1) is 9.16. The highest BCUT2D eigenvalue weighted by Gasteiger charge is 2.26. The Morgan fingerprint density at radius 1 is 1.11 bits per heavy atom. The monoisotopic (exact) mass is 273 g/mol. The lowest BCUT2D eigenvalue weighted by molar-refractivity contribution is 0.0702. The number of carbonyl (C=O) groups excluding carboxylic acids is 1. The third-order valence-electron chi connectivity index (χ3n) is 3.16. The molecule has 0 atom stereocenters. The molecule has 0 radical (unpaired) electrons. The fraction of sp³-hybridized carbons (Fsp3) is 0.143. The van der Waals surface area contributed by atoms with Crippen molar-refractivity contribution in [3.63, 3.8) is 0 Å². The van der Waals surface area contributed by atoms with Gasteiger partial charge in [0.15, 0.2) is 0 Å². The van der Waals surface area contributed by atoms with Gasteiger partial charge < -0.3 is 10.0 Å². The van der Waals surface area contributed by atoms with E-state index < -0.39 is 5.97 Å². The van der Waals surface area contributed by atoms with Crippen LogP contribution in [-0.2, 0) is 6.42 Å². The number of benzene rings is 1. The Balaban J connectivity index is 1.91. The smallest absolute Gasteiger partial charge is 0.345 e. The number of carboxylic acid groups (broad SMARTS) is 1. The summed E-state index contributed by atoms with van der Waals surface area (Å²) in [5, 5.41) is 8.89. The highest BCUT2D eigenvalue weighted by atomic mass is 32.1. The van der Waals surface area contributed by atoms with Crippen LogP contribution in [0, 0.1) is 0 Å². The van der Waals surface area contributed by atoms with Crippen molar-refractivity contribution in [3.8, 4) is 0 Å². The van der Waals surface area contributed by atoms with Gasteiger partial charge >= 0.3 is 5.97 Å². The van der Waals surface area contributed by atoms with Gasteiger partial charge in [-0.2, -0.15) is 0 Å². The van der Waals surface area contributed by atoms with Gasteiger partial charge in [0.25, 0.3) is 5.91 Å². The standard InChI is InChI=1S/C14H11NO3S/c16-13(11-5-6-12(19-11)14(17)18)15-8-7-9-3-1-2-4-10(9)15/h1-6H,7-8H2,(H,17,18). The number of hydrogen-bond donors (Lipinski definition) is 1. The van der Waals surface area contributed by atoms with Crippen LogP contribution >= 0.6 is 11.3 Å². The van der Waals surface area contributed by atoms with Gasteiger partial charge in [0, 0.05) is 12.2 Å². The molecule has 1 aromatic heterocycles. The lowest BCUT2D eigenvalue weighted by atomic mass is 10.2. The first kappa shape index (κ1) is 11.9. The third kappa shape index (κ3) is 2.02. The summed E-state index contributed by atoms with van der Waals surface area (Å²) in [6.45, 7) is 0.651. The average molecular weight is 273 g/mol. The first-order valence-corrected chi connectivity index (χ1v) is 6.71. The van der Waals surface area contributed by atoms with E-state index in [2.05, 4.69) is 0 Å². The molecule has 0 saturated heterocycles. The van der Waals surface area contributed by atoms with E-state index in [-0.39, 0.29) is 10.8 Å². The van der Waals surface area contributed by atoms with Crippen molar-refractivity contribution >= 4 is 28.9 Å². The van der Waals surface area contributed by atoms with Crippen LogP contribution in [0.3, 0.4) is 0 Å². The molecule has 0 fully saturated rings. The SMILES string of the molecule is O=C(O)c1ccc(C(=O)N2CCc3ccccc32)s1. The molecular formula is C14H11NO3S. The van der Waals surface area contributed by atoms with Crippen molar-refractivity contribution < 1.29 is 14.7 Å². The molecule has 1 N–H and O–H groups in total. The minimum Gasteiger partial charge on any atom is -0.477 e. The molecular weight excluding hydrogens is 262 g/mol. The van der Waals surface area contributed by atoms with Gasteiger partial charge in [0.05, 0.1) is 4.88 Å². The van der Waals surface area contributed by atoms with E-state index in [1.54, 1.807) is 11.0 Å². The van der Waals surface area contributed by atoms with E-state index in [4.69, 9.17) is 5.11 Å². The van der Waals surface area contributed by atoms with Gasteiger partial charge in [-0.25, -0.2) is 4.79 Å². The Morgan fingerprint density at radius 3 is 2.58 bits per heavy atom. The number of thiophene rings is 1. The van der Waals surface area contributed by atoms with Gasteiger partial charge in [0.1, 0.15) is 4.88 Å². The molecule has 0 bridgehead atoms. The van der Waals surface area contributed by atoms with Crippen LogP contribution in [0.4, 0.5) is 5.69 Å². The number of amides is 1. The maximum absolute atomic E-state index is 12.4. The number of anilines is 1. The maximum Gasteiger partial charge on any atom is 0.345 e. The van der Waals surface area contributed by atoms with Crippen molar-refractivity contribution in [2.75, 3.05) is 11.4 Å². The van der Waals surface area contributed by atoms with Crippen LogP contribution in [0.25, 0.3) is 0 Å². The molecule has 2 aromatic rings. The first-order valence-electron chi connectivity index (χ1n) is 5.90. The minimum absolute atomic E-state index is 0.123. The maximum atomic E-state index is 12.4. The Morgan fingerprint density at radius 2 is 1.84 bits per heavy atom. The zero-order valence-electron chi connectivity index (χ0n) is 10.00. The zero-order valence-corrected chi connectivity index (χ0v) is 10.8. The summed E-state index contributed by atoms with van der Waals surface area (Å²) in [4.78, 5) is 25.6. The Labute approximate surface area is 113 Å². The lowest BCUT2D eigenvalue weighted by Crippen LogP contribution is -2.28. The third-order valence-corrected chi connectivity index (χ3v) is 4.22. The normalized spacial score (nSPS) is 13.4. The molecule has 0 unspecified atom stereocenters. The highest BCUT2D eigenvalue weighted by molar-refractivity contribution is 7.16. The van der Waals surface area contributed by atoms with E-state index in [0.717, 1.165) is 29.0 Å². The summed E-state index contributed by atoms with van der Waals surface area (Å²) in [5.41, 5.74) is 2.09. The molecule has 0 spiro atoms. The van der Waals surface area contributed by atoms with Crippen molar-refractivity contribution in [3.05, 3.63) is 51.7 Å². The molecule has 1 amide bonds. The van der Waals surface area contributed by atoms with Gasteiger partial charge in [-0.3, -0.25) is 4.79 Å². The molecule has 4 nitrogen and oxygen atoms in total. The summed E-state index contributed by atoms with van der Waals surface area (Å²) in [7, 11) is 0. The van der Waals surface area contributed by atoms with Gasteiger partial charge in [-0.15, -0.1) is 11.3 Å². The fourth-order valence-corrected chi connectivity index (χ4v) is 3.04. The van der Waals surface area contributed by atoms with E-state index >= 15 is 0 Å². The minimum atomic E-state index is -0.995. The molecule has 0 saturated carbocycles. The molecule has 2 heterocycles. The van der Waals surface area contributed by atoms with E-state index in [9.17, 15) is 9.59 Å². The van der Waals surface area contributed by atoms with Gasteiger partial charge in [0.2, 0.25) is 0 Å². The second-order valence-electron chi connectivity index (χ2n) is 4.30. The summed E-state index contributed by atoms with van der Waals surface area (Å²) < 4.78 is 0. The molecule has 0 aliphatic carbocycles. The van der Waals surface area contributed by atoms with Gasteiger partial charge in [-0.1, -0.05) is 18.2 Å². The molecule has 3 rings (SSSR count). The molecule has 19 heavy (non-hydrogen) atoms. The second-order valence-corrected chi connectivity index (χ2v) is 5.39. The Bertz CT molecular complexity index is 662. The number of carbonyl (C=O) groups is 2. The highest BCUT2D eigenvalue weighted by Crippen LogP contribution is 2.30. The number of fused-ring (bicyclic) bond motifs is 1. The summed E-state index contributed by atoms with van der Waals surface area (Å²) in [5.74, 6) is -1.12. The zero-order chi connectivity index (χ0) is 13.4. The number of nitrogens with zero attached hydrogens (tertiary/aromatic N) is 1. The van der Waals surface area contributed by atoms with Crippen LogP contribution < -0.4 is 4.90 Å². The van der Waals surface area contributed by atoms with Crippen LogP contribution in [0.2, 0.25) is 0 Å². The van der Waals surface area contributed by atoms with Crippen LogP contribution in [0.5, 0.6) is 0 Å². The van der Waals surface area contributed by atoms with E-state index in [1.165, 1.54) is 6.07 Å². The van der Waals surface area contributed by atoms with Crippen molar-refractivity contribution in [2.45, 2.75) is 6.42 Å². The number of aromatic carboxylic acids is 1. The number of carboxylic acids is 1. The van der Waals surface area contributed by atoms with Crippen molar-refractivity contribution in [1.29, 1.82) is 0 Å². The quantitative estimate of drug-likeness (QED) is 0.915. The Hall–Kier alpha value is -2.14. The molecule has 96 valence electrons. The second kappa shape index (κ2) is 4.51. The van der Waals surface area contributed by atoms with Crippen molar-refractivity contribution in [2.24, 2.45) is 0 Å². The summed E-state index contributed by atoms with van der Waals surface area (Å²) >= 11 is 1.02. The van der Waals surface area contributed by atoms with Crippen molar-refractivity contribution in [1.82, 2.24) is 0 Å². The topological polar surface area (TPSA) is 57.6 Å². The molecule has 5 heteroatoms. The molecule has 1 aromatic carbocycles. The fourth-order valence-electron chi connectivity index (χ4n) is 2.25. The summed E-state index contributed by atoms with van der Waals surface area (Å²) in [6, 6.07) is 10.9. The Kier molecular flexibility index (Phi) is 2.83. The lowest BCUT2D eigenvalue weighted by Gasteiger charge is -2.15. The van der Waals surface area contributed by atoms with E-state index in [0.29, 0.717) is 11.4 Å². The largest absolute Gasteiger partial charge is 0.477 e. The van der Waals surface area contributed by atoms with Crippen LogP contribution in [-0.4, -0.2) is 23.5 Å².